The van der Waals surface area contributed by atoms with Gasteiger partial charge in [0.15, 0.2) is 0 Å². The predicted molar refractivity (Wildman–Crippen MR) is 120 cm³/mol. The van der Waals surface area contributed by atoms with Crippen LogP contribution in [0.1, 0.15) is 31.2 Å². The number of alkyl halides is 3. The van der Waals surface area contributed by atoms with Crippen molar-refractivity contribution in [3.05, 3.63) is 59.4 Å². The lowest BCUT2D eigenvalue weighted by Gasteiger charge is -2.41. The van der Waals surface area contributed by atoms with Crippen LogP contribution < -0.4 is 10.5 Å². The van der Waals surface area contributed by atoms with E-state index in [4.69, 9.17) is 10.5 Å². The summed E-state index contributed by atoms with van der Waals surface area (Å²) in [5.41, 5.74) is -0.637. The van der Waals surface area contributed by atoms with Crippen molar-refractivity contribution in [3.63, 3.8) is 0 Å². The molecule has 2 aliphatic rings. The first kappa shape index (κ1) is 26.4. The standard InChI is InChI=1S/C23H24F6N4O2S/c24-15-9-14(10-16(25)12-15)17-4-1-3-13(20(17)26)11-19-18(32-36(31,35)23(27,28)29)5-8-33(19)21(34)22(30)6-2-7-22/h1,3-4,9-10,12,18-19H,2,5-8,11,30H2,(H2,31,32,35)/t18-,19-,36?/m0/s1. The molecule has 6 nitrogen and oxygen atoms in total. The topological polar surface area (TPSA) is 99.3 Å². The number of hydrogen-bond donors (Lipinski definition) is 3. The van der Waals surface area contributed by atoms with Gasteiger partial charge >= 0.3 is 5.51 Å². The summed E-state index contributed by atoms with van der Waals surface area (Å²) in [6.07, 6.45) is 1.12. The number of carbonyl (C=O) groups excluding carboxylic acids is 1. The molecule has 1 aliphatic heterocycles. The Hall–Kier alpha value is -2.64. The van der Waals surface area contributed by atoms with Gasteiger partial charge in [0, 0.05) is 24.2 Å². The van der Waals surface area contributed by atoms with Gasteiger partial charge in [-0.15, -0.1) is 0 Å². The van der Waals surface area contributed by atoms with E-state index >= 15 is 4.39 Å². The number of amides is 1. The van der Waals surface area contributed by atoms with E-state index in [-0.39, 0.29) is 36.1 Å². The average molecular weight is 535 g/mol. The number of halogens is 6. The maximum absolute atomic E-state index is 15.5. The van der Waals surface area contributed by atoms with Crippen LogP contribution in [0.2, 0.25) is 0 Å². The fourth-order valence-corrected chi connectivity index (χ4v) is 5.56. The Kier molecular flexibility index (Phi) is 6.86. The molecule has 1 amide bonds. The Morgan fingerprint density at radius 1 is 1.17 bits per heavy atom. The molecule has 2 aromatic rings. The van der Waals surface area contributed by atoms with E-state index in [1.54, 1.807) is 0 Å². The third-order valence-electron chi connectivity index (χ3n) is 6.80. The monoisotopic (exact) mass is 534 g/mol. The van der Waals surface area contributed by atoms with E-state index in [0.29, 0.717) is 25.3 Å². The molecular formula is C23H24F6N4O2S. The van der Waals surface area contributed by atoms with Crippen molar-refractivity contribution in [3.8, 4) is 11.1 Å². The number of rotatable bonds is 6. The molecule has 1 unspecified atom stereocenters. The van der Waals surface area contributed by atoms with Crippen LogP contribution in [0.25, 0.3) is 11.1 Å². The van der Waals surface area contributed by atoms with Crippen molar-refractivity contribution < 1.29 is 35.3 Å². The van der Waals surface area contributed by atoms with Crippen molar-refractivity contribution in [1.82, 2.24) is 9.62 Å². The summed E-state index contributed by atoms with van der Waals surface area (Å²) in [4.78, 5) is 14.4. The Labute approximate surface area is 203 Å². The predicted octanol–water partition coefficient (Wildman–Crippen LogP) is 4.24. The Morgan fingerprint density at radius 2 is 1.81 bits per heavy atom. The van der Waals surface area contributed by atoms with Gasteiger partial charge in [0.05, 0.1) is 11.6 Å². The fraction of sp³-hybridized carbons (Fsp3) is 0.435. The van der Waals surface area contributed by atoms with Crippen LogP contribution >= 0.6 is 0 Å². The van der Waals surface area contributed by atoms with Crippen molar-refractivity contribution in [2.75, 3.05) is 6.54 Å². The summed E-state index contributed by atoms with van der Waals surface area (Å²) >= 11 is 0. The van der Waals surface area contributed by atoms with Gasteiger partial charge in [0.1, 0.15) is 17.5 Å². The molecule has 0 aromatic heterocycles. The summed E-state index contributed by atoms with van der Waals surface area (Å²) < 4.78 is 104. The number of nitrogens with zero attached hydrogens (tertiary/aromatic N) is 1. The SMILES string of the molecule is N=S(=O)(N[C@H]1CCN(C(=O)C2(N)CCC2)[C@H]1Cc1cccc(-c2cc(F)cc(F)c2)c1F)C(F)(F)F. The van der Waals surface area contributed by atoms with Gasteiger partial charge in [-0.05, 0) is 55.4 Å². The lowest BCUT2D eigenvalue weighted by Crippen LogP contribution is -2.62. The largest absolute Gasteiger partial charge is 0.492 e. The minimum atomic E-state index is -5.36. The van der Waals surface area contributed by atoms with E-state index in [9.17, 15) is 31.0 Å². The van der Waals surface area contributed by atoms with Gasteiger partial charge in [-0.2, -0.15) is 13.2 Å². The Bertz CT molecular complexity index is 1260. The molecule has 2 fully saturated rings. The molecule has 2 aromatic carbocycles. The number of benzene rings is 2. The maximum atomic E-state index is 15.5. The highest BCUT2D eigenvalue weighted by atomic mass is 32.2. The first-order valence-electron chi connectivity index (χ1n) is 11.2. The van der Waals surface area contributed by atoms with Gasteiger partial charge in [-0.25, -0.2) is 26.9 Å². The second kappa shape index (κ2) is 9.34. The highest BCUT2D eigenvalue weighted by Gasteiger charge is 2.50. The van der Waals surface area contributed by atoms with Gasteiger partial charge in [-0.3, -0.25) is 4.79 Å². The normalized spacial score (nSPS) is 23.2. The fourth-order valence-electron chi connectivity index (χ4n) is 4.73. The molecule has 1 aliphatic carbocycles. The average Bonchev–Trinajstić information content (AvgIpc) is 3.12. The summed E-state index contributed by atoms with van der Waals surface area (Å²) in [5.74, 6) is -3.21. The van der Waals surface area contributed by atoms with Crippen molar-refractivity contribution in [2.24, 2.45) is 5.73 Å². The Morgan fingerprint density at radius 3 is 2.36 bits per heavy atom. The van der Waals surface area contributed by atoms with E-state index in [1.165, 1.54) is 23.1 Å². The van der Waals surface area contributed by atoms with Crippen LogP contribution in [0.3, 0.4) is 0 Å². The molecule has 1 saturated carbocycles. The van der Waals surface area contributed by atoms with Gasteiger partial charge < -0.3 is 10.6 Å². The quantitative estimate of drug-likeness (QED) is 0.484. The molecule has 0 bridgehead atoms. The molecule has 0 spiro atoms. The third kappa shape index (κ3) is 4.96. The lowest BCUT2D eigenvalue weighted by molar-refractivity contribution is -0.141. The molecular weight excluding hydrogens is 510 g/mol. The number of carbonyl (C=O) groups is 1. The van der Waals surface area contributed by atoms with Crippen LogP contribution in [-0.4, -0.2) is 44.7 Å². The van der Waals surface area contributed by atoms with E-state index in [2.05, 4.69) is 0 Å². The summed E-state index contributed by atoms with van der Waals surface area (Å²) in [6.45, 7) is -0.0239. The minimum absolute atomic E-state index is 0.0239. The maximum Gasteiger partial charge on any atom is 0.492 e. The molecule has 3 atom stereocenters. The number of hydrogen-bond acceptors (Lipinski definition) is 4. The van der Waals surface area contributed by atoms with Crippen LogP contribution in [0, 0.1) is 22.2 Å². The van der Waals surface area contributed by atoms with Crippen molar-refractivity contribution in [1.29, 1.82) is 4.78 Å². The van der Waals surface area contributed by atoms with E-state index < -0.39 is 56.4 Å². The molecule has 36 heavy (non-hydrogen) atoms. The molecule has 4 rings (SSSR count). The molecule has 1 heterocycles. The number of likely N-dealkylation sites (tertiary alicyclic amines) is 1. The summed E-state index contributed by atoms with van der Waals surface area (Å²) in [5, 5.41) is 0. The highest BCUT2D eigenvalue weighted by molar-refractivity contribution is 7.91. The summed E-state index contributed by atoms with van der Waals surface area (Å²) in [7, 11) is -5.25. The lowest BCUT2D eigenvalue weighted by atomic mass is 9.76. The van der Waals surface area contributed by atoms with Crippen LogP contribution in [0.15, 0.2) is 36.4 Å². The third-order valence-corrected chi connectivity index (χ3v) is 8.09. The van der Waals surface area contributed by atoms with Crippen molar-refractivity contribution >= 4 is 15.8 Å². The molecule has 13 heteroatoms. The second-order valence-electron chi connectivity index (χ2n) is 9.23. The molecule has 196 valence electrons. The Balaban J connectivity index is 1.69. The second-order valence-corrected chi connectivity index (χ2v) is 11.0. The first-order valence-corrected chi connectivity index (χ1v) is 12.7. The van der Waals surface area contributed by atoms with Crippen LogP contribution in [-0.2, 0) is 21.1 Å². The molecule has 1 saturated heterocycles. The van der Waals surface area contributed by atoms with Crippen LogP contribution in [0.5, 0.6) is 0 Å². The molecule has 0 radical (unpaired) electrons. The van der Waals surface area contributed by atoms with Gasteiger partial charge in [-0.1, -0.05) is 18.2 Å². The highest BCUT2D eigenvalue weighted by Crippen LogP contribution is 2.36. The zero-order chi connectivity index (χ0) is 26.5. The summed E-state index contributed by atoms with van der Waals surface area (Å²) in [6, 6.07) is 4.23. The van der Waals surface area contributed by atoms with E-state index in [0.717, 1.165) is 12.1 Å². The van der Waals surface area contributed by atoms with E-state index in [1.807, 2.05) is 4.72 Å². The zero-order valence-corrected chi connectivity index (χ0v) is 19.7. The number of nitrogens with two attached hydrogens (primary N) is 1. The first-order chi connectivity index (χ1) is 16.7. The zero-order valence-electron chi connectivity index (χ0n) is 18.9. The number of nitrogens with one attached hydrogen (secondary N) is 2. The smallest absolute Gasteiger partial charge is 0.336 e. The molecule has 4 N–H and O–H groups in total. The van der Waals surface area contributed by atoms with Crippen LogP contribution in [0.4, 0.5) is 26.3 Å². The van der Waals surface area contributed by atoms with Gasteiger partial charge in [0.25, 0.3) is 0 Å². The van der Waals surface area contributed by atoms with Crippen molar-refractivity contribution in [2.45, 2.75) is 55.2 Å². The minimum Gasteiger partial charge on any atom is -0.336 e. The van der Waals surface area contributed by atoms with Gasteiger partial charge in [0.2, 0.25) is 15.8 Å².